The van der Waals surface area contributed by atoms with Crippen LogP contribution in [-0.4, -0.2) is 34.4 Å². The average Bonchev–Trinajstić information content (AvgIpc) is 3.21. The van der Waals surface area contributed by atoms with Crippen molar-refractivity contribution in [2.45, 2.75) is 19.3 Å². The molecule has 2 unspecified atom stereocenters. The fourth-order valence-corrected chi connectivity index (χ4v) is 4.73. The maximum absolute atomic E-state index is 5.66. The van der Waals surface area contributed by atoms with Crippen molar-refractivity contribution < 1.29 is 24.0 Å². The van der Waals surface area contributed by atoms with Crippen LogP contribution in [0.25, 0.3) is 0 Å². The van der Waals surface area contributed by atoms with E-state index >= 15 is 0 Å². The maximum atomic E-state index is 5.66. The first-order valence-corrected chi connectivity index (χ1v) is 10.8. The van der Waals surface area contributed by atoms with Gasteiger partial charge in [0.1, 0.15) is 26.2 Å². The summed E-state index contributed by atoms with van der Waals surface area (Å²) in [5, 5.41) is 0. The highest BCUT2D eigenvalue weighted by Crippen LogP contribution is 2.39. The molecule has 3 aromatic rings. The lowest BCUT2D eigenvalue weighted by molar-refractivity contribution is -1.09. The zero-order chi connectivity index (χ0) is 21.6. The smallest absolute Gasteiger partial charge is 0.241 e. The molecule has 0 amide bonds. The second-order valence-corrected chi connectivity index (χ2v) is 8.03. The molecule has 1 saturated heterocycles. The Hall–Kier alpha value is -3.02. The van der Waals surface area contributed by atoms with Crippen molar-refractivity contribution in [3.8, 4) is 17.2 Å². The van der Waals surface area contributed by atoms with Gasteiger partial charge >= 0.3 is 0 Å². The number of nitrogens with one attached hydrogen (secondary N) is 2. The highest BCUT2D eigenvalue weighted by molar-refractivity contribution is 5.54. The van der Waals surface area contributed by atoms with Gasteiger partial charge in [-0.05, 0) is 12.1 Å². The Bertz CT molecular complexity index is 904. The van der Waals surface area contributed by atoms with Crippen LogP contribution in [0, 0.1) is 0 Å². The molecule has 5 nitrogen and oxygen atoms in total. The van der Waals surface area contributed by atoms with Crippen LogP contribution in [0.15, 0.2) is 72.8 Å². The molecule has 5 heteroatoms. The molecule has 0 bridgehead atoms. The summed E-state index contributed by atoms with van der Waals surface area (Å²) in [5.41, 5.74) is 3.93. The van der Waals surface area contributed by atoms with Crippen LogP contribution in [0.2, 0.25) is 0 Å². The van der Waals surface area contributed by atoms with E-state index < -0.39 is 0 Å². The Labute approximate surface area is 184 Å². The van der Waals surface area contributed by atoms with Crippen molar-refractivity contribution >= 4 is 0 Å². The van der Waals surface area contributed by atoms with Crippen LogP contribution in [-0.2, 0) is 13.1 Å². The van der Waals surface area contributed by atoms with E-state index in [0.717, 1.165) is 26.2 Å². The predicted octanol–water partition coefficient (Wildman–Crippen LogP) is 1.89. The minimum absolute atomic E-state index is 0.272. The van der Waals surface area contributed by atoms with Crippen molar-refractivity contribution in [1.29, 1.82) is 0 Å². The SMILES string of the molecule is COc1cc(C2[NH+](Cc3ccccc3)CC[NH+]2Cc2ccccc2)cc(OC)c1OC. The Morgan fingerprint density at radius 3 is 1.52 bits per heavy atom. The fourth-order valence-electron chi connectivity index (χ4n) is 4.73. The monoisotopic (exact) mass is 420 g/mol. The van der Waals surface area contributed by atoms with E-state index in [-0.39, 0.29) is 6.17 Å². The van der Waals surface area contributed by atoms with Gasteiger partial charge in [0, 0.05) is 11.1 Å². The maximum Gasteiger partial charge on any atom is 0.241 e. The molecule has 1 heterocycles. The predicted molar refractivity (Wildman–Crippen MR) is 121 cm³/mol. The van der Waals surface area contributed by atoms with Gasteiger partial charge in [-0.25, -0.2) is 0 Å². The van der Waals surface area contributed by atoms with Crippen LogP contribution in [0.4, 0.5) is 0 Å². The summed E-state index contributed by atoms with van der Waals surface area (Å²) in [6, 6.07) is 25.7. The number of hydrogen-bond donors (Lipinski definition) is 2. The van der Waals surface area contributed by atoms with Crippen LogP contribution >= 0.6 is 0 Å². The summed E-state index contributed by atoms with van der Waals surface area (Å²) in [7, 11) is 5.01. The number of ether oxygens (including phenoxy) is 3. The lowest BCUT2D eigenvalue weighted by Crippen LogP contribution is -3.22. The summed E-state index contributed by atoms with van der Waals surface area (Å²) in [6.45, 7) is 4.19. The van der Waals surface area contributed by atoms with E-state index in [1.165, 1.54) is 16.7 Å². The van der Waals surface area contributed by atoms with Gasteiger partial charge in [0.2, 0.25) is 11.9 Å². The van der Waals surface area contributed by atoms with E-state index in [9.17, 15) is 0 Å². The molecule has 1 aliphatic rings. The minimum atomic E-state index is 0.272. The summed E-state index contributed by atoms with van der Waals surface area (Å²) in [6.07, 6.45) is 0.272. The third-order valence-corrected chi connectivity index (χ3v) is 6.15. The number of benzene rings is 3. The normalized spacial score (nSPS) is 20.4. The van der Waals surface area contributed by atoms with Crippen molar-refractivity contribution in [1.82, 2.24) is 0 Å². The zero-order valence-electron chi connectivity index (χ0n) is 18.6. The third-order valence-electron chi connectivity index (χ3n) is 6.15. The molecule has 0 spiro atoms. The number of hydrogen-bond acceptors (Lipinski definition) is 3. The first-order chi connectivity index (χ1) is 15.2. The Balaban J connectivity index is 1.71. The zero-order valence-corrected chi connectivity index (χ0v) is 18.6. The summed E-state index contributed by atoms with van der Waals surface area (Å²) >= 11 is 0. The van der Waals surface area contributed by atoms with Gasteiger partial charge in [-0.1, -0.05) is 60.7 Å². The first kappa shape index (κ1) is 21.2. The van der Waals surface area contributed by atoms with Crippen molar-refractivity contribution in [3.63, 3.8) is 0 Å². The topological polar surface area (TPSA) is 36.6 Å². The number of methoxy groups -OCH3 is 3. The molecular formula is C26H32N2O3+2. The highest BCUT2D eigenvalue weighted by Gasteiger charge is 2.41. The van der Waals surface area contributed by atoms with Gasteiger partial charge in [-0.2, -0.15) is 0 Å². The summed E-state index contributed by atoms with van der Waals surface area (Å²) < 4.78 is 16.9. The van der Waals surface area contributed by atoms with E-state index in [0.29, 0.717) is 17.2 Å². The summed E-state index contributed by atoms with van der Waals surface area (Å²) in [5.74, 6) is 2.06. The molecule has 0 radical (unpaired) electrons. The largest absolute Gasteiger partial charge is 0.493 e. The molecule has 4 rings (SSSR count). The molecule has 0 aromatic heterocycles. The Morgan fingerprint density at radius 2 is 1.13 bits per heavy atom. The highest BCUT2D eigenvalue weighted by atomic mass is 16.5. The molecule has 1 fully saturated rings. The van der Waals surface area contributed by atoms with Gasteiger partial charge < -0.3 is 14.2 Å². The average molecular weight is 421 g/mol. The Morgan fingerprint density at radius 1 is 0.677 bits per heavy atom. The van der Waals surface area contributed by atoms with Crippen molar-refractivity contribution in [2.75, 3.05) is 34.4 Å². The molecule has 162 valence electrons. The quantitative estimate of drug-likeness (QED) is 0.585. The van der Waals surface area contributed by atoms with Gasteiger partial charge in [0.15, 0.2) is 11.5 Å². The van der Waals surface area contributed by atoms with E-state index in [1.54, 1.807) is 31.1 Å². The minimum Gasteiger partial charge on any atom is -0.493 e. The number of quaternary nitrogens is 2. The van der Waals surface area contributed by atoms with E-state index in [2.05, 4.69) is 72.8 Å². The molecule has 2 N–H and O–H groups in total. The molecule has 31 heavy (non-hydrogen) atoms. The van der Waals surface area contributed by atoms with Gasteiger partial charge in [0.25, 0.3) is 0 Å². The second kappa shape index (κ2) is 9.86. The van der Waals surface area contributed by atoms with E-state index in [4.69, 9.17) is 14.2 Å². The van der Waals surface area contributed by atoms with Gasteiger partial charge in [-0.15, -0.1) is 0 Å². The van der Waals surface area contributed by atoms with Crippen molar-refractivity contribution in [3.05, 3.63) is 89.5 Å². The van der Waals surface area contributed by atoms with Crippen LogP contribution in [0.1, 0.15) is 22.9 Å². The first-order valence-electron chi connectivity index (χ1n) is 10.8. The molecule has 3 aromatic carbocycles. The lowest BCUT2D eigenvalue weighted by atomic mass is 10.1. The van der Waals surface area contributed by atoms with Crippen molar-refractivity contribution in [2.24, 2.45) is 0 Å². The Kier molecular flexibility index (Phi) is 6.75. The molecule has 0 aliphatic carbocycles. The summed E-state index contributed by atoms with van der Waals surface area (Å²) in [4.78, 5) is 3.10. The van der Waals surface area contributed by atoms with Crippen LogP contribution in [0.3, 0.4) is 0 Å². The van der Waals surface area contributed by atoms with E-state index in [1.807, 2.05) is 0 Å². The molecule has 2 atom stereocenters. The molecular weight excluding hydrogens is 388 g/mol. The van der Waals surface area contributed by atoms with Gasteiger partial charge in [0.05, 0.1) is 26.9 Å². The van der Waals surface area contributed by atoms with Crippen LogP contribution < -0.4 is 24.0 Å². The standard InChI is InChI=1S/C26H30N2O3/c1-29-23-16-22(17-24(30-2)25(23)31-3)26-27(18-20-10-6-4-7-11-20)14-15-28(26)19-21-12-8-5-9-13-21/h4-13,16-17,26H,14-15,18-19H2,1-3H3/p+2. The van der Waals surface area contributed by atoms with Gasteiger partial charge in [-0.3, -0.25) is 9.80 Å². The third kappa shape index (κ3) is 4.68. The molecule has 1 aliphatic heterocycles. The molecule has 0 saturated carbocycles. The fraction of sp³-hybridized carbons (Fsp3) is 0.308. The lowest BCUT2D eigenvalue weighted by Gasteiger charge is -2.26. The second-order valence-electron chi connectivity index (χ2n) is 8.03. The van der Waals surface area contributed by atoms with Crippen LogP contribution in [0.5, 0.6) is 17.2 Å². The number of rotatable bonds is 8.